The van der Waals surface area contributed by atoms with Crippen molar-refractivity contribution in [3.05, 3.63) is 84.2 Å². The minimum absolute atomic E-state index is 0.110. The highest BCUT2D eigenvalue weighted by Crippen LogP contribution is 2.25. The van der Waals surface area contributed by atoms with E-state index in [1.807, 2.05) is 48.5 Å². The minimum Gasteiger partial charge on any atom is -0.369 e. The number of likely N-dealkylation sites (N-methyl/N-ethyl adjacent to an activating group) is 1. The summed E-state index contributed by atoms with van der Waals surface area (Å²) >= 11 is 0. The van der Waals surface area contributed by atoms with E-state index >= 15 is 0 Å². The number of imidazole rings is 1. The molecule has 4 aromatic rings. The molecule has 0 saturated carbocycles. The maximum absolute atomic E-state index is 12.7. The first-order chi connectivity index (χ1) is 15.7. The number of para-hydroxylation sites is 2. The van der Waals surface area contributed by atoms with E-state index in [-0.39, 0.29) is 5.91 Å². The van der Waals surface area contributed by atoms with Crippen LogP contribution in [0.15, 0.2) is 72.8 Å². The van der Waals surface area contributed by atoms with Crippen LogP contribution in [0, 0.1) is 0 Å². The molecular weight excluding hydrogens is 398 g/mol. The van der Waals surface area contributed by atoms with Crippen LogP contribution in [0.3, 0.4) is 0 Å². The van der Waals surface area contributed by atoms with Crippen LogP contribution in [-0.4, -0.2) is 54.0 Å². The predicted molar refractivity (Wildman–Crippen MR) is 129 cm³/mol. The summed E-state index contributed by atoms with van der Waals surface area (Å²) in [4.78, 5) is 25.3. The molecule has 6 nitrogen and oxygen atoms in total. The van der Waals surface area contributed by atoms with Gasteiger partial charge in [0.2, 0.25) is 0 Å². The van der Waals surface area contributed by atoms with Gasteiger partial charge in [0.1, 0.15) is 5.82 Å². The highest BCUT2D eigenvalue weighted by Gasteiger charge is 2.14. The van der Waals surface area contributed by atoms with Gasteiger partial charge in [-0.05, 0) is 54.6 Å². The van der Waals surface area contributed by atoms with Crippen LogP contribution in [0.25, 0.3) is 22.2 Å². The van der Waals surface area contributed by atoms with Crippen molar-refractivity contribution in [3.63, 3.8) is 0 Å². The molecule has 32 heavy (non-hydrogen) atoms. The fourth-order valence-electron chi connectivity index (χ4n) is 4.12. The summed E-state index contributed by atoms with van der Waals surface area (Å²) in [5.41, 5.74) is 5.90. The van der Waals surface area contributed by atoms with Gasteiger partial charge in [-0.2, -0.15) is 0 Å². The Balaban J connectivity index is 1.26. The maximum Gasteiger partial charge on any atom is 0.251 e. The van der Waals surface area contributed by atoms with E-state index < -0.39 is 0 Å². The van der Waals surface area contributed by atoms with Gasteiger partial charge < -0.3 is 20.1 Å². The largest absolute Gasteiger partial charge is 0.369 e. The summed E-state index contributed by atoms with van der Waals surface area (Å²) in [7, 11) is 2.17. The summed E-state index contributed by atoms with van der Waals surface area (Å²) in [5.74, 6) is 0.636. The zero-order valence-corrected chi connectivity index (χ0v) is 18.2. The number of aromatic nitrogens is 2. The van der Waals surface area contributed by atoms with Gasteiger partial charge in [0.15, 0.2) is 0 Å². The Morgan fingerprint density at radius 3 is 2.50 bits per heavy atom. The number of carbonyl (C=O) groups is 1. The van der Waals surface area contributed by atoms with Crippen molar-refractivity contribution in [1.29, 1.82) is 0 Å². The highest BCUT2D eigenvalue weighted by molar-refractivity contribution is 5.95. The summed E-state index contributed by atoms with van der Waals surface area (Å²) in [6.07, 6.45) is 0. The average molecular weight is 426 g/mol. The quantitative estimate of drug-likeness (QED) is 0.509. The number of hydrogen-bond donors (Lipinski definition) is 2. The van der Waals surface area contributed by atoms with E-state index in [0.717, 1.165) is 54.2 Å². The van der Waals surface area contributed by atoms with Gasteiger partial charge in [-0.15, -0.1) is 0 Å². The molecule has 1 aromatic heterocycles. The fourth-order valence-corrected chi connectivity index (χ4v) is 4.12. The normalized spacial score (nSPS) is 14.6. The van der Waals surface area contributed by atoms with Gasteiger partial charge in [-0.1, -0.05) is 36.4 Å². The van der Waals surface area contributed by atoms with Crippen LogP contribution in [-0.2, 0) is 6.54 Å². The molecule has 2 heterocycles. The topological polar surface area (TPSA) is 64.3 Å². The second-order valence-electron chi connectivity index (χ2n) is 8.30. The number of benzene rings is 3. The number of hydrogen-bond acceptors (Lipinski definition) is 4. The first-order valence-electron chi connectivity index (χ1n) is 11.0. The van der Waals surface area contributed by atoms with Crippen molar-refractivity contribution < 1.29 is 4.79 Å². The Labute approximate surface area is 187 Å². The molecular formula is C26H27N5O. The number of carbonyl (C=O) groups excluding carboxylic acids is 1. The van der Waals surface area contributed by atoms with Crippen LogP contribution >= 0.6 is 0 Å². The van der Waals surface area contributed by atoms with Crippen molar-refractivity contribution >= 4 is 22.6 Å². The molecule has 162 valence electrons. The molecule has 0 spiro atoms. The molecule has 2 N–H and O–H groups in total. The van der Waals surface area contributed by atoms with Crippen molar-refractivity contribution in [1.82, 2.24) is 20.2 Å². The first kappa shape index (κ1) is 20.3. The predicted octanol–water partition coefficient (Wildman–Crippen LogP) is 3.91. The van der Waals surface area contributed by atoms with Crippen LogP contribution in [0.5, 0.6) is 0 Å². The zero-order chi connectivity index (χ0) is 21.9. The van der Waals surface area contributed by atoms with Gasteiger partial charge >= 0.3 is 0 Å². The molecule has 0 aliphatic carbocycles. The van der Waals surface area contributed by atoms with E-state index in [1.54, 1.807) is 0 Å². The third-order valence-electron chi connectivity index (χ3n) is 6.05. The molecule has 0 radical (unpaired) electrons. The Morgan fingerprint density at radius 2 is 1.72 bits per heavy atom. The summed E-state index contributed by atoms with van der Waals surface area (Å²) < 4.78 is 0. The fraction of sp³-hybridized carbons (Fsp3) is 0.231. The number of amides is 1. The summed E-state index contributed by atoms with van der Waals surface area (Å²) in [5, 5.41) is 2.97. The maximum atomic E-state index is 12.7. The molecule has 3 aromatic carbocycles. The number of rotatable bonds is 5. The number of nitrogens with zero attached hydrogens (tertiary/aromatic N) is 3. The van der Waals surface area contributed by atoms with Crippen molar-refractivity contribution in [3.8, 4) is 11.1 Å². The van der Waals surface area contributed by atoms with E-state index in [1.165, 1.54) is 5.69 Å². The lowest BCUT2D eigenvalue weighted by Gasteiger charge is -2.34. The Kier molecular flexibility index (Phi) is 5.60. The van der Waals surface area contributed by atoms with Gasteiger partial charge in [0.25, 0.3) is 5.91 Å². The van der Waals surface area contributed by atoms with E-state index in [4.69, 9.17) is 0 Å². The second kappa shape index (κ2) is 8.85. The molecule has 1 saturated heterocycles. The standard InChI is InChI=1S/C26H27N5O/c1-30-13-15-31(16-14-30)22-11-9-19(10-12-22)20-5-4-6-21(17-20)26(32)27-18-25-28-23-7-2-3-8-24(23)29-25/h2-12,17H,13-16,18H2,1H3,(H,27,32)(H,28,29). The van der Waals surface area contributed by atoms with Crippen LogP contribution < -0.4 is 10.2 Å². The van der Waals surface area contributed by atoms with E-state index in [0.29, 0.717) is 12.1 Å². The zero-order valence-electron chi connectivity index (χ0n) is 18.2. The van der Waals surface area contributed by atoms with Gasteiger partial charge in [-0.25, -0.2) is 4.98 Å². The van der Waals surface area contributed by atoms with Gasteiger partial charge in [0, 0.05) is 37.4 Å². The van der Waals surface area contributed by atoms with Crippen molar-refractivity contribution in [2.75, 3.05) is 38.1 Å². The first-order valence-corrected chi connectivity index (χ1v) is 11.0. The molecule has 0 atom stereocenters. The number of anilines is 1. The molecule has 1 fully saturated rings. The third kappa shape index (κ3) is 4.36. The Hall–Kier alpha value is -3.64. The Morgan fingerprint density at radius 1 is 0.938 bits per heavy atom. The lowest BCUT2D eigenvalue weighted by Crippen LogP contribution is -2.44. The summed E-state index contributed by atoms with van der Waals surface area (Å²) in [6, 6.07) is 24.2. The second-order valence-corrected chi connectivity index (χ2v) is 8.30. The van der Waals surface area contributed by atoms with Crippen LogP contribution in [0.4, 0.5) is 5.69 Å². The number of fused-ring (bicyclic) bond motifs is 1. The highest BCUT2D eigenvalue weighted by atomic mass is 16.1. The number of aromatic amines is 1. The molecule has 6 heteroatoms. The number of nitrogens with one attached hydrogen (secondary N) is 2. The van der Waals surface area contributed by atoms with Crippen molar-refractivity contribution in [2.45, 2.75) is 6.54 Å². The molecule has 0 unspecified atom stereocenters. The third-order valence-corrected chi connectivity index (χ3v) is 6.05. The molecule has 1 aliphatic heterocycles. The van der Waals surface area contributed by atoms with Crippen LogP contribution in [0.1, 0.15) is 16.2 Å². The smallest absolute Gasteiger partial charge is 0.251 e. The van der Waals surface area contributed by atoms with Gasteiger partial charge in [0.05, 0.1) is 17.6 Å². The van der Waals surface area contributed by atoms with Gasteiger partial charge in [-0.3, -0.25) is 4.79 Å². The summed E-state index contributed by atoms with van der Waals surface area (Å²) in [6.45, 7) is 4.64. The molecule has 0 bridgehead atoms. The lowest BCUT2D eigenvalue weighted by molar-refractivity contribution is 0.0950. The minimum atomic E-state index is -0.110. The number of H-pyrrole nitrogens is 1. The molecule has 1 amide bonds. The SMILES string of the molecule is CN1CCN(c2ccc(-c3cccc(C(=O)NCc4nc5ccccc5[nH]4)c3)cc2)CC1. The van der Waals surface area contributed by atoms with Crippen molar-refractivity contribution in [2.24, 2.45) is 0 Å². The van der Waals surface area contributed by atoms with Crippen LogP contribution in [0.2, 0.25) is 0 Å². The number of piperazine rings is 1. The average Bonchev–Trinajstić information content (AvgIpc) is 3.26. The molecule has 5 rings (SSSR count). The monoisotopic (exact) mass is 425 g/mol. The van der Waals surface area contributed by atoms with E-state index in [2.05, 4.69) is 56.4 Å². The van der Waals surface area contributed by atoms with E-state index in [9.17, 15) is 4.79 Å². The molecule has 1 aliphatic rings. The lowest BCUT2D eigenvalue weighted by atomic mass is 10.0. The Bertz CT molecular complexity index is 1190.